The van der Waals surface area contributed by atoms with Crippen LogP contribution in [0.3, 0.4) is 0 Å². The quantitative estimate of drug-likeness (QED) is 0.738. The molecule has 0 fully saturated rings. The van der Waals surface area contributed by atoms with Gasteiger partial charge in [0.15, 0.2) is 0 Å². The van der Waals surface area contributed by atoms with Gasteiger partial charge in [-0.3, -0.25) is 0 Å². The van der Waals surface area contributed by atoms with Gasteiger partial charge >= 0.3 is 5.97 Å². The van der Waals surface area contributed by atoms with Crippen molar-refractivity contribution in [2.75, 3.05) is 25.1 Å². The largest absolute Gasteiger partial charge is 0.478 e. The fourth-order valence-corrected chi connectivity index (χ4v) is 1.56. The first-order valence-corrected chi connectivity index (χ1v) is 5.87. The van der Waals surface area contributed by atoms with Gasteiger partial charge in [0.1, 0.15) is 0 Å². The van der Waals surface area contributed by atoms with E-state index in [-0.39, 0.29) is 5.56 Å². The second-order valence-corrected chi connectivity index (χ2v) is 3.91. The van der Waals surface area contributed by atoms with Crippen LogP contribution in [-0.4, -0.2) is 30.8 Å². The summed E-state index contributed by atoms with van der Waals surface area (Å²) in [7, 11) is 0. The van der Waals surface area contributed by atoms with Crippen molar-refractivity contribution in [1.29, 1.82) is 0 Å². The van der Waals surface area contributed by atoms with Crippen molar-refractivity contribution in [3.05, 3.63) is 28.8 Å². The van der Waals surface area contributed by atoms with E-state index in [4.69, 9.17) is 21.4 Å². The zero-order valence-corrected chi connectivity index (χ0v) is 10.5. The molecule has 0 spiro atoms. The van der Waals surface area contributed by atoms with Gasteiger partial charge in [-0.2, -0.15) is 0 Å². The second kappa shape index (κ2) is 7.14. The molecule has 0 unspecified atom stereocenters. The van der Waals surface area contributed by atoms with E-state index in [0.717, 1.165) is 6.42 Å². The van der Waals surface area contributed by atoms with Crippen molar-refractivity contribution in [2.45, 2.75) is 13.3 Å². The Hall–Kier alpha value is -1.26. The molecular weight excluding hydrogens is 242 g/mol. The number of anilines is 1. The van der Waals surface area contributed by atoms with Crippen molar-refractivity contribution in [2.24, 2.45) is 0 Å². The van der Waals surface area contributed by atoms with E-state index < -0.39 is 5.97 Å². The van der Waals surface area contributed by atoms with Gasteiger partial charge in [-0.05, 0) is 31.5 Å². The standard InChI is InChI=1S/C12H16ClNO3/c1-2-17-7-3-6-14-11-5-4-9(13)8-10(11)12(15)16/h4-5,8,14H,2-3,6-7H2,1H3,(H,15,16). The Morgan fingerprint density at radius 1 is 1.53 bits per heavy atom. The molecule has 1 rings (SSSR count). The maximum absolute atomic E-state index is 11.0. The third kappa shape index (κ3) is 4.63. The summed E-state index contributed by atoms with van der Waals surface area (Å²) in [4.78, 5) is 11.0. The molecule has 0 atom stereocenters. The molecule has 0 amide bonds. The van der Waals surface area contributed by atoms with Crippen molar-refractivity contribution < 1.29 is 14.6 Å². The number of nitrogens with one attached hydrogen (secondary N) is 1. The van der Waals surface area contributed by atoms with Crippen molar-refractivity contribution >= 4 is 23.3 Å². The monoisotopic (exact) mass is 257 g/mol. The number of carboxylic acids is 1. The van der Waals surface area contributed by atoms with Crippen LogP contribution in [-0.2, 0) is 4.74 Å². The molecule has 0 bridgehead atoms. The highest BCUT2D eigenvalue weighted by Gasteiger charge is 2.09. The minimum Gasteiger partial charge on any atom is -0.478 e. The Morgan fingerprint density at radius 3 is 2.94 bits per heavy atom. The minimum atomic E-state index is -0.986. The summed E-state index contributed by atoms with van der Waals surface area (Å²) in [6.45, 7) is 3.97. The smallest absolute Gasteiger partial charge is 0.337 e. The first-order valence-electron chi connectivity index (χ1n) is 5.49. The number of carboxylic acid groups (broad SMARTS) is 1. The lowest BCUT2D eigenvalue weighted by Crippen LogP contribution is -2.09. The summed E-state index contributed by atoms with van der Waals surface area (Å²) in [5.74, 6) is -0.986. The molecule has 1 aromatic rings. The lowest BCUT2D eigenvalue weighted by molar-refractivity contribution is 0.0698. The molecule has 0 aliphatic rings. The van der Waals surface area contributed by atoms with E-state index >= 15 is 0 Å². The molecule has 0 saturated heterocycles. The summed E-state index contributed by atoms with van der Waals surface area (Å²) in [5, 5.41) is 12.5. The van der Waals surface area contributed by atoms with Gasteiger partial charge in [0.2, 0.25) is 0 Å². The zero-order chi connectivity index (χ0) is 12.7. The van der Waals surface area contributed by atoms with Crippen LogP contribution in [0.5, 0.6) is 0 Å². The predicted molar refractivity (Wildman–Crippen MR) is 68.0 cm³/mol. The molecule has 94 valence electrons. The summed E-state index contributed by atoms with van der Waals surface area (Å²) >= 11 is 5.75. The zero-order valence-electron chi connectivity index (χ0n) is 9.70. The van der Waals surface area contributed by atoms with Crippen LogP contribution in [0.25, 0.3) is 0 Å². The van der Waals surface area contributed by atoms with E-state index in [9.17, 15) is 4.79 Å². The van der Waals surface area contributed by atoms with E-state index in [1.165, 1.54) is 6.07 Å². The van der Waals surface area contributed by atoms with Gasteiger partial charge < -0.3 is 15.2 Å². The normalized spacial score (nSPS) is 10.2. The Bertz CT molecular complexity index is 382. The van der Waals surface area contributed by atoms with Crippen LogP contribution < -0.4 is 5.32 Å². The fraction of sp³-hybridized carbons (Fsp3) is 0.417. The van der Waals surface area contributed by atoms with Crippen molar-refractivity contribution in [1.82, 2.24) is 0 Å². The van der Waals surface area contributed by atoms with Crippen LogP contribution in [0.4, 0.5) is 5.69 Å². The molecule has 0 heterocycles. The van der Waals surface area contributed by atoms with Gasteiger partial charge in [-0.25, -0.2) is 4.79 Å². The van der Waals surface area contributed by atoms with Gasteiger partial charge in [0, 0.05) is 30.5 Å². The molecule has 1 aromatic carbocycles. The van der Waals surface area contributed by atoms with E-state index in [0.29, 0.717) is 30.5 Å². The number of rotatable bonds is 7. The van der Waals surface area contributed by atoms with Crippen LogP contribution in [0, 0.1) is 0 Å². The third-order valence-electron chi connectivity index (χ3n) is 2.20. The maximum atomic E-state index is 11.0. The summed E-state index contributed by atoms with van der Waals surface area (Å²) in [5.41, 5.74) is 0.771. The molecule has 4 nitrogen and oxygen atoms in total. The van der Waals surface area contributed by atoms with Gasteiger partial charge in [-0.15, -0.1) is 0 Å². The van der Waals surface area contributed by atoms with Gasteiger partial charge in [-0.1, -0.05) is 11.6 Å². The topological polar surface area (TPSA) is 58.6 Å². The molecule has 17 heavy (non-hydrogen) atoms. The molecule has 0 aromatic heterocycles. The number of hydrogen-bond acceptors (Lipinski definition) is 3. The highest BCUT2D eigenvalue weighted by Crippen LogP contribution is 2.20. The molecule has 2 N–H and O–H groups in total. The van der Waals surface area contributed by atoms with E-state index in [1.54, 1.807) is 12.1 Å². The number of aromatic carboxylic acids is 1. The lowest BCUT2D eigenvalue weighted by Gasteiger charge is -2.09. The second-order valence-electron chi connectivity index (χ2n) is 3.47. The number of ether oxygens (including phenoxy) is 1. The van der Waals surface area contributed by atoms with Crippen molar-refractivity contribution in [3.63, 3.8) is 0 Å². The summed E-state index contributed by atoms with van der Waals surface area (Å²) in [6, 6.07) is 4.78. The number of halogens is 1. The molecule has 0 radical (unpaired) electrons. The summed E-state index contributed by atoms with van der Waals surface area (Å²) < 4.78 is 5.19. The molecule has 0 saturated carbocycles. The Labute approximate surface area is 106 Å². The number of carbonyl (C=O) groups is 1. The Balaban J connectivity index is 2.55. The highest BCUT2D eigenvalue weighted by molar-refractivity contribution is 6.31. The van der Waals surface area contributed by atoms with E-state index in [1.807, 2.05) is 6.92 Å². The van der Waals surface area contributed by atoms with Crippen LogP contribution in [0.15, 0.2) is 18.2 Å². The van der Waals surface area contributed by atoms with Gasteiger partial charge in [0.05, 0.1) is 5.56 Å². The van der Waals surface area contributed by atoms with Crippen LogP contribution in [0.1, 0.15) is 23.7 Å². The lowest BCUT2D eigenvalue weighted by atomic mass is 10.2. The molecular formula is C12H16ClNO3. The minimum absolute atomic E-state index is 0.189. The third-order valence-corrected chi connectivity index (χ3v) is 2.43. The molecule has 5 heteroatoms. The molecule has 0 aliphatic heterocycles. The average molecular weight is 258 g/mol. The molecule has 0 aliphatic carbocycles. The highest BCUT2D eigenvalue weighted by atomic mass is 35.5. The van der Waals surface area contributed by atoms with Crippen LogP contribution in [0.2, 0.25) is 5.02 Å². The average Bonchev–Trinajstić information content (AvgIpc) is 2.30. The number of benzene rings is 1. The first kappa shape index (κ1) is 13.8. The Kier molecular flexibility index (Phi) is 5.80. The summed E-state index contributed by atoms with van der Waals surface area (Å²) in [6.07, 6.45) is 0.829. The number of hydrogen-bond donors (Lipinski definition) is 2. The van der Waals surface area contributed by atoms with Gasteiger partial charge in [0.25, 0.3) is 0 Å². The maximum Gasteiger partial charge on any atom is 0.337 e. The van der Waals surface area contributed by atoms with E-state index in [2.05, 4.69) is 5.32 Å². The first-order chi connectivity index (χ1) is 8.15. The van der Waals surface area contributed by atoms with Crippen LogP contribution >= 0.6 is 11.6 Å². The predicted octanol–water partition coefficient (Wildman–Crippen LogP) is 2.88. The van der Waals surface area contributed by atoms with Crippen molar-refractivity contribution in [3.8, 4) is 0 Å². The fourth-order valence-electron chi connectivity index (χ4n) is 1.39. The SMILES string of the molecule is CCOCCCNc1ccc(Cl)cc1C(=O)O. The Morgan fingerprint density at radius 2 is 2.29 bits per heavy atom.